The van der Waals surface area contributed by atoms with Crippen molar-refractivity contribution < 1.29 is 4.79 Å². The van der Waals surface area contributed by atoms with Crippen molar-refractivity contribution in [1.82, 2.24) is 4.90 Å². The molecule has 0 saturated heterocycles. The van der Waals surface area contributed by atoms with Crippen molar-refractivity contribution in [3.05, 3.63) is 64.7 Å². The second kappa shape index (κ2) is 7.43. The number of aryl methyl sites for hydroxylation is 1. The van der Waals surface area contributed by atoms with E-state index in [1.807, 2.05) is 74.3 Å². The summed E-state index contributed by atoms with van der Waals surface area (Å²) < 4.78 is 0. The maximum atomic E-state index is 12.3. The molecule has 22 heavy (non-hydrogen) atoms. The molecule has 0 bridgehead atoms. The van der Waals surface area contributed by atoms with E-state index < -0.39 is 0 Å². The molecule has 0 fully saturated rings. The van der Waals surface area contributed by atoms with E-state index in [2.05, 4.69) is 5.32 Å². The van der Waals surface area contributed by atoms with Crippen LogP contribution in [0.3, 0.4) is 0 Å². The number of nitrogens with zero attached hydrogens (tertiary/aromatic N) is 1. The number of carbonyl (C=O) groups excluding carboxylic acids is 1. The summed E-state index contributed by atoms with van der Waals surface area (Å²) in [7, 11) is 1.94. The minimum absolute atomic E-state index is 0.0120. The second-order valence-electron chi connectivity index (χ2n) is 5.58. The lowest BCUT2D eigenvalue weighted by molar-refractivity contribution is -0.120. The number of benzene rings is 2. The van der Waals surface area contributed by atoms with E-state index in [0.717, 1.165) is 21.8 Å². The molecule has 0 saturated carbocycles. The zero-order chi connectivity index (χ0) is 16.1. The van der Waals surface area contributed by atoms with Gasteiger partial charge in [-0.2, -0.15) is 0 Å². The normalized spacial score (nSPS) is 12.2. The summed E-state index contributed by atoms with van der Waals surface area (Å²) in [5.74, 6) is -0.0120. The van der Waals surface area contributed by atoms with Crippen molar-refractivity contribution in [3.8, 4) is 0 Å². The molecular weight excluding hydrogens is 296 g/mol. The number of carbonyl (C=O) groups is 1. The van der Waals surface area contributed by atoms with E-state index in [4.69, 9.17) is 11.6 Å². The predicted molar refractivity (Wildman–Crippen MR) is 92.2 cm³/mol. The van der Waals surface area contributed by atoms with Crippen LogP contribution in [0.1, 0.15) is 18.1 Å². The van der Waals surface area contributed by atoms with Crippen LogP contribution in [-0.4, -0.2) is 23.9 Å². The number of nitrogens with one attached hydrogen (secondary N) is 1. The van der Waals surface area contributed by atoms with Gasteiger partial charge >= 0.3 is 0 Å². The predicted octanol–water partition coefficient (Wildman–Crippen LogP) is 4.11. The maximum absolute atomic E-state index is 12.3. The highest BCUT2D eigenvalue weighted by Gasteiger charge is 2.18. The number of rotatable bonds is 5. The minimum Gasteiger partial charge on any atom is -0.325 e. The Balaban J connectivity index is 1.95. The fourth-order valence-electron chi connectivity index (χ4n) is 2.18. The van der Waals surface area contributed by atoms with Gasteiger partial charge in [0.2, 0.25) is 5.91 Å². The van der Waals surface area contributed by atoms with Crippen molar-refractivity contribution in [2.24, 2.45) is 0 Å². The van der Waals surface area contributed by atoms with Gasteiger partial charge in [-0.3, -0.25) is 9.69 Å². The molecule has 0 spiro atoms. The fourth-order valence-corrected chi connectivity index (χ4v) is 2.31. The molecule has 2 aromatic rings. The number of likely N-dealkylation sites (N-methyl/N-ethyl adjacent to an activating group) is 1. The molecule has 0 heterocycles. The van der Waals surface area contributed by atoms with Crippen LogP contribution < -0.4 is 5.32 Å². The molecule has 2 rings (SSSR count). The van der Waals surface area contributed by atoms with Gasteiger partial charge in [0.15, 0.2) is 0 Å². The zero-order valence-electron chi connectivity index (χ0n) is 13.1. The van der Waals surface area contributed by atoms with Gasteiger partial charge in [0, 0.05) is 17.3 Å². The molecule has 0 aliphatic rings. The van der Waals surface area contributed by atoms with Gasteiger partial charge in [0.1, 0.15) is 0 Å². The number of halogens is 1. The van der Waals surface area contributed by atoms with Crippen LogP contribution in [0, 0.1) is 6.92 Å². The van der Waals surface area contributed by atoms with Crippen molar-refractivity contribution in [1.29, 1.82) is 0 Å². The first-order valence-electron chi connectivity index (χ1n) is 7.28. The van der Waals surface area contributed by atoms with Crippen LogP contribution in [0.15, 0.2) is 48.5 Å². The summed E-state index contributed by atoms with van der Waals surface area (Å²) in [6.45, 7) is 4.60. The molecule has 0 aliphatic heterocycles. The van der Waals surface area contributed by atoms with Gasteiger partial charge in [-0.1, -0.05) is 35.9 Å². The van der Waals surface area contributed by atoms with Crippen LogP contribution >= 0.6 is 11.6 Å². The molecule has 1 amide bonds. The molecule has 3 nitrogen and oxygen atoms in total. The van der Waals surface area contributed by atoms with Crippen LogP contribution in [0.25, 0.3) is 0 Å². The first-order chi connectivity index (χ1) is 10.5. The Morgan fingerprint density at radius 1 is 1.23 bits per heavy atom. The van der Waals surface area contributed by atoms with Gasteiger partial charge in [-0.05, 0) is 56.3 Å². The number of hydrogen-bond donors (Lipinski definition) is 1. The van der Waals surface area contributed by atoms with E-state index in [0.29, 0.717) is 6.54 Å². The van der Waals surface area contributed by atoms with Gasteiger partial charge in [-0.15, -0.1) is 0 Å². The van der Waals surface area contributed by atoms with Crippen molar-refractivity contribution in [2.75, 3.05) is 12.4 Å². The third-order valence-electron chi connectivity index (χ3n) is 3.67. The van der Waals surface area contributed by atoms with Crippen molar-refractivity contribution in [2.45, 2.75) is 26.4 Å². The Hall–Kier alpha value is -1.84. The molecule has 1 N–H and O–H groups in total. The van der Waals surface area contributed by atoms with Crippen LogP contribution in [0.5, 0.6) is 0 Å². The summed E-state index contributed by atoms with van der Waals surface area (Å²) in [5.41, 5.74) is 3.08. The van der Waals surface area contributed by atoms with Crippen LogP contribution in [0.2, 0.25) is 5.02 Å². The Kier molecular flexibility index (Phi) is 5.58. The number of anilines is 1. The largest absolute Gasteiger partial charge is 0.325 e. The lowest BCUT2D eigenvalue weighted by Crippen LogP contribution is -2.39. The molecular formula is C18H21ClN2O. The summed E-state index contributed by atoms with van der Waals surface area (Å²) in [5, 5.41) is 3.68. The molecule has 0 radical (unpaired) electrons. The Morgan fingerprint density at radius 3 is 2.55 bits per heavy atom. The van der Waals surface area contributed by atoms with Gasteiger partial charge < -0.3 is 5.32 Å². The zero-order valence-corrected chi connectivity index (χ0v) is 13.9. The summed E-state index contributed by atoms with van der Waals surface area (Å²) in [4.78, 5) is 14.3. The first kappa shape index (κ1) is 16.5. The monoisotopic (exact) mass is 316 g/mol. The quantitative estimate of drug-likeness (QED) is 0.900. The van der Waals surface area contributed by atoms with Crippen LogP contribution in [0.4, 0.5) is 5.69 Å². The van der Waals surface area contributed by atoms with E-state index >= 15 is 0 Å². The Morgan fingerprint density at radius 2 is 1.91 bits per heavy atom. The average molecular weight is 317 g/mol. The molecule has 0 aromatic heterocycles. The van der Waals surface area contributed by atoms with Crippen molar-refractivity contribution in [3.63, 3.8) is 0 Å². The molecule has 2 aromatic carbocycles. The molecule has 116 valence electrons. The smallest absolute Gasteiger partial charge is 0.241 e. The summed E-state index contributed by atoms with van der Waals surface area (Å²) in [6.07, 6.45) is 0. The molecule has 1 atom stereocenters. The van der Waals surface area contributed by atoms with Gasteiger partial charge in [-0.25, -0.2) is 0 Å². The molecule has 0 unspecified atom stereocenters. The van der Waals surface area contributed by atoms with Crippen molar-refractivity contribution >= 4 is 23.2 Å². The average Bonchev–Trinajstić information content (AvgIpc) is 2.48. The standard InChI is InChI=1S/C18H21ClN2O/c1-13-5-4-6-17(11-13)20-18(22)14(2)21(3)12-15-7-9-16(19)10-8-15/h4-11,14H,12H2,1-3H3,(H,20,22)/t14-/m0/s1. The fraction of sp³-hybridized carbons (Fsp3) is 0.278. The van der Waals surface area contributed by atoms with E-state index in [1.54, 1.807) is 0 Å². The first-order valence-corrected chi connectivity index (χ1v) is 7.66. The lowest BCUT2D eigenvalue weighted by Gasteiger charge is -2.24. The van der Waals surface area contributed by atoms with E-state index in [-0.39, 0.29) is 11.9 Å². The third-order valence-corrected chi connectivity index (χ3v) is 3.92. The highest BCUT2D eigenvalue weighted by atomic mass is 35.5. The minimum atomic E-state index is -0.226. The Bertz CT molecular complexity index is 640. The molecule has 4 heteroatoms. The Labute approximate surface area is 136 Å². The molecule has 0 aliphatic carbocycles. The summed E-state index contributed by atoms with van der Waals surface area (Å²) >= 11 is 5.89. The third kappa shape index (κ3) is 4.58. The topological polar surface area (TPSA) is 32.3 Å². The second-order valence-corrected chi connectivity index (χ2v) is 6.01. The highest BCUT2D eigenvalue weighted by Crippen LogP contribution is 2.14. The highest BCUT2D eigenvalue weighted by molar-refractivity contribution is 6.30. The van der Waals surface area contributed by atoms with E-state index in [1.165, 1.54) is 0 Å². The number of hydrogen-bond acceptors (Lipinski definition) is 2. The van der Waals surface area contributed by atoms with Gasteiger partial charge in [0.25, 0.3) is 0 Å². The SMILES string of the molecule is Cc1cccc(NC(=O)[C@H](C)N(C)Cc2ccc(Cl)cc2)c1. The van der Waals surface area contributed by atoms with Crippen LogP contribution in [-0.2, 0) is 11.3 Å². The summed E-state index contributed by atoms with van der Waals surface area (Å²) in [6, 6.07) is 15.3. The van der Waals surface area contributed by atoms with E-state index in [9.17, 15) is 4.79 Å². The van der Waals surface area contributed by atoms with Gasteiger partial charge in [0.05, 0.1) is 6.04 Å². The number of amides is 1. The lowest BCUT2D eigenvalue weighted by atomic mass is 10.1. The maximum Gasteiger partial charge on any atom is 0.241 e.